The van der Waals surface area contributed by atoms with Gasteiger partial charge in [0.2, 0.25) is 0 Å². The number of thioether (sulfide) groups is 1. The molecule has 1 fully saturated rings. The number of aliphatic hydroxyl groups excluding tert-OH is 1. The van der Waals surface area contributed by atoms with Crippen LogP contribution >= 0.6 is 11.8 Å². The van der Waals surface area contributed by atoms with Gasteiger partial charge in [0.05, 0.1) is 18.2 Å². The second-order valence-electron chi connectivity index (χ2n) is 5.06. The maximum atomic E-state index is 13.9. The molecule has 2 rings (SSSR count). The summed E-state index contributed by atoms with van der Waals surface area (Å²) in [5.41, 5.74) is -0.990. The van der Waals surface area contributed by atoms with Gasteiger partial charge in [-0.15, -0.1) is 11.8 Å². The van der Waals surface area contributed by atoms with E-state index < -0.39 is 34.7 Å². The fourth-order valence-electron chi connectivity index (χ4n) is 1.92. The SMILES string of the molecule is CCOC(=O)/C(C(=NC1CC1)SC)=C(\O)c1cc(F)c(F)cc1F. The Hall–Kier alpha value is -1.96. The number of esters is 1. The van der Waals surface area contributed by atoms with Crippen LogP contribution in [0, 0.1) is 17.5 Å². The van der Waals surface area contributed by atoms with Gasteiger partial charge in [0.25, 0.3) is 0 Å². The molecule has 0 saturated heterocycles. The number of nitrogens with zero attached hydrogens (tertiary/aromatic N) is 1. The zero-order chi connectivity index (χ0) is 17.9. The number of hydrogen-bond donors (Lipinski definition) is 1. The van der Waals surface area contributed by atoms with E-state index in [0.29, 0.717) is 12.1 Å². The second kappa shape index (κ2) is 7.74. The van der Waals surface area contributed by atoms with Crippen LogP contribution in [0.2, 0.25) is 0 Å². The van der Waals surface area contributed by atoms with Crippen LogP contribution in [0.1, 0.15) is 25.3 Å². The van der Waals surface area contributed by atoms with Gasteiger partial charge in [-0.2, -0.15) is 0 Å². The lowest BCUT2D eigenvalue weighted by Crippen LogP contribution is -2.17. The third-order valence-corrected chi connectivity index (χ3v) is 3.93. The topological polar surface area (TPSA) is 58.9 Å². The molecule has 1 aromatic carbocycles. The summed E-state index contributed by atoms with van der Waals surface area (Å²) in [7, 11) is 0. The molecule has 0 aliphatic heterocycles. The first-order chi connectivity index (χ1) is 11.4. The lowest BCUT2D eigenvalue weighted by atomic mass is 10.1. The van der Waals surface area contributed by atoms with Crippen LogP contribution in [-0.4, -0.2) is 35.0 Å². The van der Waals surface area contributed by atoms with Crippen LogP contribution in [0.15, 0.2) is 22.7 Å². The molecule has 0 radical (unpaired) electrons. The Kier molecular flexibility index (Phi) is 5.93. The van der Waals surface area contributed by atoms with E-state index >= 15 is 0 Å². The van der Waals surface area contributed by atoms with Crippen LogP contribution in [0.3, 0.4) is 0 Å². The summed E-state index contributed by atoms with van der Waals surface area (Å²) in [5, 5.41) is 10.5. The number of benzene rings is 1. The summed E-state index contributed by atoms with van der Waals surface area (Å²) in [6, 6.07) is 0.828. The van der Waals surface area contributed by atoms with Crippen molar-refractivity contribution in [2.45, 2.75) is 25.8 Å². The second-order valence-corrected chi connectivity index (χ2v) is 5.85. The first kappa shape index (κ1) is 18.4. The van der Waals surface area contributed by atoms with Crippen molar-refractivity contribution in [1.82, 2.24) is 0 Å². The van der Waals surface area contributed by atoms with Gasteiger partial charge in [0.1, 0.15) is 22.2 Å². The zero-order valence-corrected chi connectivity index (χ0v) is 13.9. The fourth-order valence-corrected chi connectivity index (χ4v) is 2.55. The number of aliphatic hydroxyl groups is 1. The van der Waals surface area contributed by atoms with Crippen molar-refractivity contribution in [3.8, 4) is 0 Å². The van der Waals surface area contributed by atoms with Crippen molar-refractivity contribution in [3.05, 3.63) is 40.7 Å². The number of aliphatic imine (C=N–C) groups is 1. The number of ether oxygens (including phenoxy) is 1. The normalized spacial score (nSPS) is 16.0. The molecule has 0 amide bonds. The Bertz CT molecular complexity index is 715. The summed E-state index contributed by atoms with van der Waals surface area (Å²) >= 11 is 1.08. The smallest absolute Gasteiger partial charge is 0.344 e. The number of hydrogen-bond acceptors (Lipinski definition) is 5. The highest BCUT2D eigenvalue weighted by Crippen LogP contribution is 2.30. The van der Waals surface area contributed by atoms with Crippen LogP contribution in [0.4, 0.5) is 13.2 Å². The molecular weight excluding hydrogens is 343 g/mol. The highest BCUT2D eigenvalue weighted by atomic mass is 32.2. The molecule has 0 heterocycles. The molecule has 1 aromatic rings. The third-order valence-electron chi connectivity index (χ3n) is 3.24. The molecular formula is C16H16F3NO3S. The van der Waals surface area contributed by atoms with Crippen molar-refractivity contribution in [1.29, 1.82) is 0 Å². The van der Waals surface area contributed by atoms with E-state index in [1.807, 2.05) is 0 Å². The van der Waals surface area contributed by atoms with Crippen LogP contribution in [0.25, 0.3) is 5.76 Å². The molecule has 8 heteroatoms. The maximum absolute atomic E-state index is 13.9. The van der Waals surface area contributed by atoms with Gasteiger partial charge in [0, 0.05) is 6.07 Å². The van der Waals surface area contributed by atoms with Gasteiger partial charge < -0.3 is 9.84 Å². The van der Waals surface area contributed by atoms with E-state index in [0.717, 1.165) is 24.6 Å². The predicted molar refractivity (Wildman–Crippen MR) is 86.5 cm³/mol. The molecule has 0 unspecified atom stereocenters. The largest absolute Gasteiger partial charge is 0.506 e. The van der Waals surface area contributed by atoms with Crippen LogP contribution in [-0.2, 0) is 9.53 Å². The molecule has 1 aliphatic rings. The van der Waals surface area contributed by atoms with Gasteiger partial charge in [-0.1, -0.05) is 0 Å². The molecule has 0 spiro atoms. The van der Waals surface area contributed by atoms with Crippen molar-refractivity contribution in [3.63, 3.8) is 0 Å². The summed E-state index contributed by atoms with van der Waals surface area (Å²) < 4.78 is 45.3. The fraction of sp³-hybridized carbons (Fsp3) is 0.375. The van der Waals surface area contributed by atoms with E-state index in [9.17, 15) is 23.1 Å². The summed E-state index contributed by atoms with van der Waals surface area (Å²) in [5.74, 6) is -5.67. The highest BCUT2D eigenvalue weighted by molar-refractivity contribution is 8.14. The average Bonchev–Trinajstić information content (AvgIpc) is 3.34. The van der Waals surface area contributed by atoms with Gasteiger partial charge in [0.15, 0.2) is 11.6 Å². The van der Waals surface area contributed by atoms with Crippen molar-refractivity contribution in [2.24, 2.45) is 4.99 Å². The predicted octanol–water partition coefficient (Wildman–Crippen LogP) is 3.86. The Morgan fingerprint density at radius 1 is 1.29 bits per heavy atom. The minimum Gasteiger partial charge on any atom is -0.506 e. The van der Waals surface area contributed by atoms with Crippen molar-refractivity contribution in [2.75, 3.05) is 12.9 Å². The van der Waals surface area contributed by atoms with Crippen LogP contribution < -0.4 is 0 Å². The monoisotopic (exact) mass is 359 g/mol. The first-order valence-corrected chi connectivity index (χ1v) is 8.48. The van der Waals surface area contributed by atoms with E-state index in [2.05, 4.69) is 4.99 Å². The minimum atomic E-state index is -1.39. The van der Waals surface area contributed by atoms with E-state index in [-0.39, 0.29) is 23.3 Å². The maximum Gasteiger partial charge on any atom is 0.344 e. The van der Waals surface area contributed by atoms with Crippen molar-refractivity contribution >= 4 is 28.5 Å². The Morgan fingerprint density at radius 2 is 1.92 bits per heavy atom. The molecule has 130 valence electrons. The molecule has 1 N–H and O–H groups in total. The van der Waals surface area contributed by atoms with Gasteiger partial charge >= 0.3 is 5.97 Å². The lowest BCUT2D eigenvalue weighted by molar-refractivity contribution is -0.137. The van der Waals surface area contributed by atoms with Gasteiger partial charge in [-0.3, -0.25) is 4.99 Å². The van der Waals surface area contributed by atoms with Crippen LogP contribution in [0.5, 0.6) is 0 Å². The summed E-state index contributed by atoms with van der Waals surface area (Å²) in [6.45, 7) is 1.60. The number of carbonyl (C=O) groups is 1. The van der Waals surface area contributed by atoms with Crippen molar-refractivity contribution < 1.29 is 27.8 Å². The number of rotatable bonds is 5. The third kappa shape index (κ3) is 4.11. The lowest BCUT2D eigenvalue weighted by Gasteiger charge is -2.12. The van der Waals surface area contributed by atoms with E-state index in [1.54, 1.807) is 13.2 Å². The summed E-state index contributed by atoms with van der Waals surface area (Å²) in [6.07, 6.45) is 3.33. The zero-order valence-electron chi connectivity index (χ0n) is 13.1. The Balaban J connectivity index is 2.60. The molecule has 0 bridgehead atoms. The Morgan fingerprint density at radius 3 is 2.46 bits per heavy atom. The molecule has 0 atom stereocenters. The molecule has 1 aliphatic carbocycles. The number of halogens is 3. The number of carbonyl (C=O) groups excluding carboxylic acids is 1. The highest BCUT2D eigenvalue weighted by Gasteiger charge is 2.29. The standard InChI is InChI=1S/C16H16F3NO3S/c1-3-23-16(22)13(15(24-2)20-8-4-5-8)14(21)9-6-11(18)12(19)7-10(9)17/h6-8,21H,3-5H2,1-2H3/b14-13-,20-15?. The average molecular weight is 359 g/mol. The van der Waals surface area contributed by atoms with E-state index in [4.69, 9.17) is 4.74 Å². The van der Waals surface area contributed by atoms with Gasteiger partial charge in [-0.05, 0) is 32.1 Å². The molecule has 24 heavy (non-hydrogen) atoms. The first-order valence-electron chi connectivity index (χ1n) is 7.26. The minimum absolute atomic E-state index is 0.0273. The summed E-state index contributed by atoms with van der Waals surface area (Å²) in [4.78, 5) is 16.5. The molecule has 1 saturated carbocycles. The van der Waals surface area contributed by atoms with E-state index in [1.165, 1.54) is 0 Å². The van der Waals surface area contributed by atoms with Gasteiger partial charge in [-0.25, -0.2) is 18.0 Å². The quantitative estimate of drug-likeness (QED) is 0.217. The molecule has 0 aromatic heterocycles. The molecule has 4 nitrogen and oxygen atoms in total. The Labute approximate surface area is 141 Å².